The molecule has 9 nitrogen and oxygen atoms in total. The van der Waals surface area contributed by atoms with E-state index in [2.05, 4.69) is 10.4 Å². The fraction of sp³-hybridized carbons (Fsp3) is 0.545. The molecular weight excluding hydrogens is 336 g/mol. The van der Waals surface area contributed by atoms with Crippen molar-refractivity contribution in [2.45, 2.75) is 24.9 Å². The maximum absolute atomic E-state index is 12.7. The van der Waals surface area contributed by atoms with Crippen molar-refractivity contribution >= 4 is 33.5 Å². The number of aryl methyl sites for hydroxylation is 1. The first-order chi connectivity index (χ1) is 10.1. The van der Waals surface area contributed by atoms with Gasteiger partial charge in [0.2, 0.25) is 5.91 Å². The Labute approximate surface area is 132 Å². The van der Waals surface area contributed by atoms with E-state index in [1.807, 2.05) is 0 Å². The lowest BCUT2D eigenvalue weighted by Crippen LogP contribution is -2.47. The minimum atomic E-state index is -4.19. The molecule has 0 saturated carbocycles. The number of hydrogen-bond acceptors (Lipinski definition) is 5. The lowest BCUT2D eigenvalue weighted by atomic mass is 10.3. The SMILES string of the molecule is CC(=O)NCCN(C(C)C(=O)O)S(=O)(=O)c1c(Cl)cnn1C. The highest BCUT2D eigenvalue weighted by Crippen LogP contribution is 2.25. The summed E-state index contributed by atoms with van der Waals surface area (Å²) in [6.07, 6.45) is 1.16. The van der Waals surface area contributed by atoms with Gasteiger partial charge >= 0.3 is 5.97 Å². The van der Waals surface area contributed by atoms with E-state index in [4.69, 9.17) is 16.7 Å². The minimum absolute atomic E-state index is 0.0261. The van der Waals surface area contributed by atoms with Crippen LogP contribution in [0.3, 0.4) is 0 Å². The molecule has 0 aliphatic rings. The average Bonchev–Trinajstić information content (AvgIpc) is 2.73. The Morgan fingerprint density at radius 2 is 2.14 bits per heavy atom. The van der Waals surface area contributed by atoms with E-state index < -0.39 is 22.0 Å². The number of sulfonamides is 1. The second kappa shape index (κ2) is 7.07. The molecule has 1 aromatic heterocycles. The van der Waals surface area contributed by atoms with Gasteiger partial charge in [-0.3, -0.25) is 14.3 Å². The summed E-state index contributed by atoms with van der Waals surface area (Å²) in [7, 11) is -2.81. The standard InChI is InChI=1S/C11H17ClN4O5S/c1-7(11(18)19)16(5-4-13-8(2)17)22(20,21)10-9(12)6-14-15(10)3/h6-7H,4-5H2,1-3H3,(H,13,17)(H,18,19). The van der Waals surface area contributed by atoms with Crippen LogP contribution in [0.5, 0.6) is 0 Å². The molecule has 0 saturated heterocycles. The van der Waals surface area contributed by atoms with Gasteiger partial charge in [0.1, 0.15) is 6.04 Å². The molecule has 1 heterocycles. The molecule has 11 heteroatoms. The Balaban J connectivity index is 3.19. The van der Waals surface area contributed by atoms with Gasteiger partial charge in [0.25, 0.3) is 10.0 Å². The van der Waals surface area contributed by atoms with Crippen LogP contribution in [-0.2, 0) is 26.7 Å². The third-order valence-corrected chi connectivity index (χ3v) is 5.37. The summed E-state index contributed by atoms with van der Waals surface area (Å²) in [5.74, 6) is -1.66. The largest absolute Gasteiger partial charge is 0.480 e. The Bertz CT molecular complexity index is 653. The lowest BCUT2D eigenvalue weighted by molar-refractivity contribution is -0.140. The van der Waals surface area contributed by atoms with Crippen LogP contribution >= 0.6 is 11.6 Å². The number of halogens is 1. The van der Waals surface area contributed by atoms with E-state index in [9.17, 15) is 18.0 Å². The predicted octanol–water partition coefficient (Wildman–Crippen LogP) is -0.327. The molecule has 1 atom stereocenters. The van der Waals surface area contributed by atoms with E-state index in [1.165, 1.54) is 20.9 Å². The van der Waals surface area contributed by atoms with Crippen molar-refractivity contribution in [1.82, 2.24) is 19.4 Å². The van der Waals surface area contributed by atoms with E-state index in [-0.39, 0.29) is 29.0 Å². The third kappa shape index (κ3) is 3.96. The van der Waals surface area contributed by atoms with Crippen LogP contribution in [-0.4, -0.2) is 58.6 Å². The third-order valence-electron chi connectivity index (χ3n) is 2.89. The molecule has 1 aromatic rings. The molecule has 0 aliphatic carbocycles. The molecule has 1 unspecified atom stereocenters. The van der Waals surface area contributed by atoms with Gasteiger partial charge in [-0.15, -0.1) is 0 Å². The van der Waals surface area contributed by atoms with Crippen LogP contribution in [0.2, 0.25) is 5.02 Å². The molecule has 0 aliphatic heterocycles. The smallest absolute Gasteiger partial charge is 0.321 e. The zero-order chi connectivity index (χ0) is 17.1. The summed E-state index contributed by atoms with van der Waals surface area (Å²) in [6.45, 7) is 2.27. The molecule has 0 aromatic carbocycles. The van der Waals surface area contributed by atoms with Gasteiger partial charge < -0.3 is 10.4 Å². The summed E-state index contributed by atoms with van der Waals surface area (Å²) >= 11 is 5.84. The molecule has 1 amide bonds. The number of aliphatic carboxylic acids is 1. The first-order valence-electron chi connectivity index (χ1n) is 6.25. The quantitative estimate of drug-likeness (QED) is 0.693. The normalized spacial score (nSPS) is 13.1. The van der Waals surface area contributed by atoms with Crippen LogP contribution in [0, 0.1) is 0 Å². The monoisotopic (exact) mass is 352 g/mol. The molecule has 0 fully saturated rings. The number of hydrogen-bond donors (Lipinski definition) is 2. The summed E-state index contributed by atoms with van der Waals surface area (Å²) in [5.41, 5.74) is 0. The molecule has 0 spiro atoms. The molecule has 1 rings (SSSR count). The maximum Gasteiger partial charge on any atom is 0.321 e. The summed E-state index contributed by atoms with van der Waals surface area (Å²) in [4.78, 5) is 22.1. The van der Waals surface area contributed by atoms with Gasteiger partial charge in [-0.1, -0.05) is 11.6 Å². The summed E-state index contributed by atoms with van der Waals surface area (Å²) in [6, 6.07) is -1.33. The van der Waals surface area contributed by atoms with E-state index >= 15 is 0 Å². The van der Waals surface area contributed by atoms with Crippen molar-refractivity contribution in [3.63, 3.8) is 0 Å². The van der Waals surface area contributed by atoms with Gasteiger partial charge in [-0.05, 0) is 6.92 Å². The molecule has 124 valence electrons. The Hall–Kier alpha value is -1.65. The summed E-state index contributed by atoms with van der Waals surface area (Å²) in [5, 5.41) is 14.9. The number of rotatable bonds is 7. The van der Waals surface area contributed by atoms with Crippen LogP contribution < -0.4 is 5.32 Å². The number of carbonyl (C=O) groups excluding carboxylic acids is 1. The highest BCUT2D eigenvalue weighted by molar-refractivity contribution is 7.89. The maximum atomic E-state index is 12.7. The van der Waals surface area contributed by atoms with Crippen molar-refractivity contribution in [3.8, 4) is 0 Å². The number of amides is 1. The van der Waals surface area contributed by atoms with E-state index in [1.54, 1.807) is 0 Å². The molecule has 0 bridgehead atoms. The first kappa shape index (κ1) is 18.4. The number of carboxylic acids is 1. The molecular formula is C11H17ClN4O5S. The number of aromatic nitrogens is 2. The topological polar surface area (TPSA) is 122 Å². The van der Waals surface area contributed by atoms with Gasteiger partial charge in [-0.25, -0.2) is 8.42 Å². The minimum Gasteiger partial charge on any atom is -0.480 e. The molecule has 0 radical (unpaired) electrons. The zero-order valence-electron chi connectivity index (χ0n) is 12.3. The Morgan fingerprint density at radius 3 is 2.55 bits per heavy atom. The number of carbonyl (C=O) groups is 2. The van der Waals surface area contributed by atoms with Gasteiger partial charge in [0.05, 0.1) is 11.2 Å². The number of nitrogens with zero attached hydrogens (tertiary/aromatic N) is 3. The molecule has 2 N–H and O–H groups in total. The number of nitrogens with one attached hydrogen (secondary N) is 1. The highest BCUT2D eigenvalue weighted by atomic mass is 35.5. The van der Waals surface area contributed by atoms with Gasteiger partial charge in [0.15, 0.2) is 5.03 Å². The van der Waals surface area contributed by atoms with Crippen LogP contribution in [0.15, 0.2) is 11.2 Å². The van der Waals surface area contributed by atoms with Crippen molar-refractivity contribution in [2.75, 3.05) is 13.1 Å². The van der Waals surface area contributed by atoms with Crippen molar-refractivity contribution < 1.29 is 23.1 Å². The van der Waals surface area contributed by atoms with Crippen molar-refractivity contribution in [2.24, 2.45) is 7.05 Å². The second-order valence-electron chi connectivity index (χ2n) is 4.53. The van der Waals surface area contributed by atoms with Crippen LogP contribution in [0.4, 0.5) is 0 Å². The van der Waals surface area contributed by atoms with Crippen molar-refractivity contribution in [3.05, 3.63) is 11.2 Å². The summed E-state index contributed by atoms with van der Waals surface area (Å²) < 4.78 is 27.1. The van der Waals surface area contributed by atoms with Crippen molar-refractivity contribution in [1.29, 1.82) is 0 Å². The van der Waals surface area contributed by atoms with Crippen LogP contribution in [0.1, 0.15) is 13.8 Å². The Morgan fingerprint density at radius 1 is 1.55 bits per heavy atom. The second-order valence-corrected chi connectivity index (χ2v) is 6.75. The Kier molecular flexibility index (Phi) is 5.92. The van der Waals surface area contributed by atoms with Crippen LogP contribution in [0.25, 0.3) is 0 Å². The fourth-order valence-electron chi connectivity index (χ4n) is 1.79. The number of carboxylic acid groups (broad SMARTS) is 1. The highest BCUT2D eigenvalue weighted by Gasteiger charge is 2.36. The fourth-order valence-corrected chi connectivity index (χ4v) is 3.99. The lowest BCUT2D eigenvalue weighted by Gasteiger charge is -2.25. The van der Waals surface area contributed by atoms with Gasteiger partial charge in [0, 0.05) is 27.1 Å². The predicted molar refractivity (Wildman–Crippen MR) is 77.9 cm³/mol. The van der Waals surface area contributed by atoms with E-state index in [0.717, 1.165) is 15.2 Å². The zero-order valence-corrected chi connectivity index (χ0v) is 13.8. The molecule has 22 heavy (non-hydrogen) atoms. The first-order valence-corrected chi connectivity index (χ1v) is 8.07. The van der Waals surface area contributed by atoms with Gasteiger partial charge in [-0.2, -0.15) is 9.40 Å². The average molecular weight is 353 g/mol. The van der Waals surface area contributed by atoms with E-state index in [0.29, 0.717) is 0 Å².